The number of piperidine rings is 1. The van der Waals surface area contributed by atoms with Gasteiger partial charge in [0, 0.05) is 6.54 Å². The van der Waals surface area contributed by atoms with E-state index in [4.69, 9.17) is 9.47 Å². The van der Waals surface area contributed by atoms with E-state index in [9.17, 15) is 4.79 Å². The van der Waals surface area contributed by atoms with E-state index in [-0.39, 0.29) is 11.9 Å². The number of carbonyl (C=O) groups is 1. The fourth-order valence-corrected chi connectivity index (χ4v) is 2.58. The van der Waals surface area contributed by atoms with Crippen molar-refractivity contribution >= 4 is 5.97 Å². The zero-order chi connectivity index (χ0) is 15.1. The van der Waals surface area contributed by atoms with Crippen molar-refractivity contribution in [3.05, 3.63) is 29.8 Å². The molecule has 0 unspecified atom stereocenters. The van der Waals surface area contributed by atoms with Crippen LogP contribution in [0.2, 0.25) is 0 Å². The minimum Gasteiger partial charge on any atom is -0.492 e. The van der Waals surface area contributed by atoms with Gasteiger partial charge in [-0.1, -0.05) is 17.7 Å². The molecular weight excluding hydrogens is 266 g/mol. The molecule has 0 radical (unpaired) electrons. The van der Waals surface area contributed by atoms with E-state index in [1.807, 2.05) is 19.1 Å². The van der Waals surface area contributed by atoms with Crippen molar-refractivity contribution in [2.24, 2.45) is 5.92 Å². The lowest BCUT2D eigenvalue weighted by molar-refractivity contribution is -0.149. The lowest BCUT2D eigenvalue weighted by atomic mass is 9.97. The predicted octanol–water partition coefficient (Wildman–Crippen LogP) is 2.65. The van der Waals surface area contributed by atoms with E-state index < -0.39 is 0 Å². The molecular formula is C17H25NO3. The van der Waals surface area contributed by atoms with Crippen molar-refractivity contribution in [2.75, 3.05) is 32.8 Å². The largest absolute Gasteiger partial charge is 0.492 e. The van der Waals surface area contributed by atoms with Gasteiger partial charge in [-0.3, -0.25) is 9.69 Å². The highest BCUT2D eigenvalue weighted by Gasteiger charge is 2.25. The molecule has 2 rings (SSSR count). The van der Waals surface area contributed by atoms with Crippen molar-refractivity contribution < 1.29 is 14.3 Å². The summed E-state index contributed by atoms with van der Waals surface area (Å²) in [5, 5.41) is 0. The molecule has 0 saturated carbocycles. The molecule has 4 nitrogen and oxygen atoms in total. The minimum absolute atomic E-state index is 0.0342. The molecule has 0 spiro atoms. The second-order valence-electron chi connectivity index (χ2n) is 5.53. The Balaban J connectivity index is 1.65. The van der Waals surface area contributed by atoms with Crippen LogP contribution in [0, 0.1) is 12.8 Å². The van der Waals surface area contributed by atoms with Gasteiger partial charge in [-0.05, 0) is 51.9 Å². The van der Waals surface area contributed by atoms with Gasteiger partial charge >= 0.3 is 5.97 Å². The van der Waals surface area contributed by atoms with Crippen LogP contribution in [0.3, 0.4) is 0 Å². The third-order valence-electron chi connectivity index (χ3n) is 3.90. The molecule has 21 heavy (non-hydrogen) atoms. The first-order valence-corrected chi connectivity index (χ1v) is 7.77. The zero-order valence-electron chi connectivity index (χ0n) is 13.0. The molecule has 1 heterocycles. The summed E-state index contributed by atoms with van der Waals surface area (Å²) >= 11 is 0. The number of likely N-dealkylation sites (tertiary alicyclic amines) is 1. The average Bonchev–Trinajstić information content (AvgIpc) is 2.50. The molecule has 0 N–H and O–H groups in total. The molecule has 1 aromatic rings. The molecule has 0 aliphatic carbocycles. The second-order valence-corrected chi connectivity index (χ2v) is 5.53. The van der Waals surface area contributed by atoms with Gasteiger partial charge in [-0.2, -0.15) is 0 Å². The molecule has 4 heteroatoms. The molecule has 1 aliphatic heterocycles. The maximum Gasteiger partial charge on any atom is 0.309 e. The van der Waals surface area contributed by atoms with E-state index in [1.165, 1.54) is 5.56 Å². The average molecular weight is 291 g/mol. The fourth-order valence-electron chi connectivity index (χ4n) is 2.58. The Kier molecular flexibility index (Phi) is 6.05. The van der Waals surface area contributed by atoms with Crippen LogP contribution in [0.15, 0.2) is 24.3 Å². The summed E-state index contributed by atoms with van der Waals surface area (Å²) in [7, 11) is 0. The Morgan fingerprint density at radius 2 is 1.90 bits per heavy atom. The Hall–Kier alpha value is -1.55. The van der Waals surface area contributed by atoms with Gasteiger partial charge in [0.2, 0.25) is 0 Å². The lowest BCUT2D eigenvalue weighted by Gasteiger charge is -2.30. The van der Waals surface area contributed by atoms with E-state index in [1.54, 1.807) is 0 Å². The van der Waals surface area contributed by atoms with Crippen LogP contribution in [-0.2, 0) is 9.53 Å². The van der Waals surface area contributed by atoms with Crippen LogP contribution in [-0.4, -0.2) is 43.7 Å². The molecule has 0 aromatic heterocycles. The number of hydrogen-bond acceptors (Lipinski definition) is 4. The number of nitrogens with zero attached hydrogens (tertiary/aromatic N) is 1. The highest BCUT2D eigenvalue weighted by atomic mass is 16.5. The molecule has 1 saturated heterocycles. The molecule has 0 atom stereocenters. The topological polar surface area (TPSA) is 38.8 Å². The Bertz CT molecular complexity index is 436. The minimum atomic E-state index is -0.0342. The quantitative estimate of drug-likeness (QED) is 0.755. The van der Waals surface area contributed by atoms with Crippen molar-refractivity contribution in [3.63, 3.8) is 0 Å². The van der Waals surface area contributed by atoms with Crippen LogP contribution in [0.1, 0.15) is 25.3 Å². The third-order valence-corrected chi connectivity index (χ3v) is 3.90. The van der Waals surface area contributed by atoms with Gasteiger partial charge in [-0.15, -0.1) is 0 Å². The van der Waals surface area contributed by atoms with Crippen molar-refractivity contribution in [3.8, 4) is 5.75 Å². The number of rotatable bonds is 6. The molecule has 0 bridgehead atoms. The lowest BCUT2D eigenvalue weighted by Crippen LogP contribution is -2.39. The summed E-state index contributed by atoms with van der Waals surface area (Å²) in [6.07, 6.45) is 1.78. The van der Waals surface area contributed by atoms with Crippen LogP contribution in [0.25, 0.3) is 0 Å². The van der Waals surface area contributed by atoms with Crippen molar-refractivity contribution in [1.82, 2.24) is 4.90 Å². The number of ether oxygens (including phenoxy) is 2. The fraction of sp³-hybridized carbons (Fsp3) is 0.588. The zero-order valence-corrected chi connectivity index (χ0v) is 13.0. The van der Waals surface area contributed by atoms with E-state index in [2.05, 4.69) is 24.0 Å². The molecule has 1 fully saturated rings. The maximum absolute atomic E-state index is 11.7. The smallest absolute Gasteiger partial charge is 0.309 e. The van der Waals surface area contributed by atoms with E-state index in [0.29, 0.717) is 13.2 Å². The first-order valence-electron chi connectivity index (χ1n) is 7.77. The van der Waals surface area contributed by atoms with Crippen LogP contribution in [0.5, 0.6) is 5.75 Å². The summed E-state index contributed by atoms with van der Waals surface area (Å²) in [5.74, 6) is 0.967. The predicted molar refractivity (Wildman–Crippen MR) is 82.5 cm³/mol. The van der Waals surface area contributed by atoms with Gasteiger partial charge in [-0.25, -0.2) is 0 Å². The Labute approximate surface area is 127 Å². The molecule has 0 amide bonds. The van der Waals surface area contributed by atoms with Gasteiger partial charge < -0.3 is 9.47 Å². The molecule has 116 valence electrons. The van der Waals surface area contributed by atoms with Gasteiger partial charge in [0.25, 0.3) is 0 Å². The Morgan fingerprint density at radius 1 is 1.24 bits per heavy atom. The van der Waals surface area contributed by atoms with E-state index >= 15 is 0 Å². The molecule has 1 aliphatic rings. The summed E-state index contributed by atoms with van der Waals surface area (Å²) < 4.78 is 10.8. The number of esters is 1. The Morgan fingerprint density at radius 3 is 2.52 bits per heavy atom. The maximum atomic E-state index is 11.7. The summed E-state index contributed by atoms with van der Waals surface area (Å²) in [4.78, 5) is 14.0. The third kappa shape index (κ3) is 5.05. The van der Waals surface area contributed by atoms with Gasteiger partial charge in [0.15, 0.2) is 0 Å². The standard InChI is InChI=1S/C17H25NO3/c1-3-20-17(19)15-8-10-18(11-9-15)12-13-21-16-6-4-14(2)5-7-16/h4-7,15H,3,8-13H2,1-2H3. The molecule has 1 aromatic carbocycles. The summed E-state index contributed by atoms with van der Waals surface area (Å²) in [6, 6.07) is 8.12. The second kappa shape index (κ2) is 8.03. The first-order chi connectivity index (χ1) is 10.2. The first kappa shape index (κ1) is 15.8. The van der Waals surface area contributed by atoms with Crippen molar-refractivity contribution in [2.45, 2.75) is 26.7 Å². The summed E-state index contributed by atoms with van der Waals surface area (Å²) in [6.45, 7) is 7.88. The number of hydrogen-bond donors (Lipinski definition) is 0. The summed E-state index contributed by atoms with van der Waals surface area (Å²) in [5.41, 5.74) is 1.24. The monoisotopic (exact) mass is 291 g/mol. The van der Waals surface area contributed by atoms with Gasteiger partial charge in [0.05, 0.1) is 12.5 Å². The number of aryl methyl sites for hydroxylation is 1. The highest BCUT2D eigenvalue weighted by Crippen LogP contribution is 2.18. The number of benzene rings is 1. The van der Waals surface area contributed by atoms with Crippen LogP contribution in [0.4, 0.5) is 0 Å². The van der Waals surface area contributed by atoms with Crippen LogP contribution < -0.4 is 4.74 Å². The van der Waals surface area contributed by atoms with Crippen LogP contribution >= 0.6 is 0 Å². The highest BCUT2D eigenvalue weighted by molar-refractivity contribution is 5.72. The number of carbonyl (C=O) groups excluding carboxylic acids is 1. The van der Waals surface area contributed by atoms with E-state index in [0.717, 1.165) is 38.2 Å². The normalized spacial score (nSPS) is 16.7. The SMILES string of the molecule is CCOC(=O)C1CCN(CCOc2ccc(C)cc2)CC1. The van der Waals surface area contributed by atoms with Crippen molar-refractivity contribution in [1.29, 1.82) is 0 Å². The van der Waals surface area contributed by atoms with Gasteiger partial charge in [0.1, 0.15) is 12.4 Å².